The summed E-state index contributed by atoms with van der Waals surface area (Å²) in [5.74, 6) is 0.830. The second-order valence-corrected chi connectivity index (χ2v) is 7.34. The van der Waals surface area contributed by atoms with Crippen LogP contribution < -0.4 is 0 Å². The van der Waals surface area contributed by atoms with E-state index < -0.39 is 6.10 Å². The van der Waals surface area contributed by atoms with Gasteiger partial charge in [-0.1, -0.05) is 12.5 Å². The quantitative estimate of drug-likeness (QED) is 0.924. The standard InChI is InChI=1S/C16H24N2O2S/c19-14-10-17(12-15-5-2-8-21-15)6-7-18(11-14)16(20)9-13-3-1-4-13/h2,5,8,13-14,19H,1,3-4,6-7,9-12H2/t14-/m0/s1. The summed E-state index contributed by atoms with van der Waals surface area (Å²) in [5.41, 5.74) is 0. The molecule has 1 aliphatic carbocycles. The number of aliphatic hydroxyl groups excluding tert-OH is 1. The first-order chi connectivity index (χ1) is 10.2. The van der Waals surface area contributed by atoms with Gasteiger partial charge in [-0.25, -0.2) is 0 Å². The van der Waals surface area contributed by atoms with E-state index in [1.54, 1.807) is 11.3 Å². The van der Waals surface area contributed by atoms with E-state index >= 15 is 0 Å². The lowest BCUT2D eigenvalue weighted by atomic mass is 9.82. The van der Waals surface area contributed by atoms with Crippen LogP contribution >= 0.6 is 11.3 Å². The minimum atomic E-state index is -0.433. The van der Waals surface area contributed by atoms with Crippen LogP contribution in [0.1, 0.15) is 30.6 Å². The van der Waals surface area contributed by atoms with Gasteiger partial charge in [0.1, 0.15) is 0 Å². The molecule has 5 heteroatoms. The van der Waals surface area contributed by atoms with Gasteiger partial charge in [-0.3, -0.25) is 9.69 Å². The van der Waals surface area contributed by atoms with Gasteiger partial charge in [-0.05, 0) is 30.2 Å². The number of thiophene rings is 1. The van der Waals surface area contributed by atoms with Crippen LogP contribution in [0.25, 0.3) is 0 Å². The number of carbonyl (C=O) groups is 1. The van der Waals surface area contributed by atoms with Crippen LogP contribution in [-0.4, -0.2) is 53.1 Å². The topological polar surface area (TPSA) is 43.8 Å². The molecule has 1 atom stereocenters. The molecular weight excluding hydrogens is 284 g/mol. The monoisotopic (exact) mass is 308 g/mol. The van der Waals surface area contributed by atoms with Crippen molar-refractivity contribution in [3.05, 3.63) is 22.4 Å². The fraction of sp³-hybridized carbons (Fsp3) is 0.688. The number of hydrogen-bond acceptors (Lipinski definition) is 4. The first kappa shape index (κ1) is 15.0. The normalized spacial score (nSPS) is 24.6. The zero-order valence-corrected chi connectivity index (χ0v) is 13.2. The van der Waals surface area contributed by atoms with Crippen LogP contribution in [0.4, 0.5) is 0 Å². The summed E-state index contributed by atoms with van der Waals surface area (Å²) in [4.78, 5) is 17.8. The number of carbonyl (C=O) groups excluding carboxylic acids is 1. The van der Waals surface area contributed by atoms with E-state index in [0.717, 1.165) is 19.6 Å². The number of rotatable bonds is 4. The molecular formula is C16H24N2O2S. The third-order valence-electron chi connectivity index (χ3n) is 4.59. The summed E-state index contributed by atoms with van der Waals surface area (Å²) < 4.78 is 0. The molecule has 1 saturated heterocycles. The third kappa shape index (κ3) is 4.05. The summed E-state index contributed by atoms with van der Waals surface area (Å²) in [6, 6.07) is 4.18. The molecule has 1 amide bonds. The van der Waals surface area contributed by atoms with E-state index in [2.05, 4.69) is 22.4 Å². The Bertz CT molecular complexity index is 459. The van der Waals surface area contributed by atoms with Crippen molar-refractivity contribution in [3.8, 4) is 0 Å². The fourth-order valence-corrected chi connectivity index (χ4v) is 3.87. The van der Waals surface area contributed by atoms with Crippen molar-refractivity contribution in [1.29, 1.82) is 0 Å². The highest BCUT2D eigenvalue weighted by atomic mass is 32.1. The molecule has 0 bridgehead atoms. The Kier molecular flexibility index (Phi) is 4.93. The van der Waals surface area contributed by atoms with Crippen molar-refractivity contribution in [3.63, 3.8) is 0 Å². The molecule has 2 fully saturated rings. The molecule has 1 aliphatic heterocycles. The number of β-amino-alcohol motifs (C(OH)–C–C–N with tert-alkyl or cyclic N) is 1. The number of amides is 1. The smallest absolute Gasteiger partial charge is 0.222 e. The highest BCUT2D eigenvalue weighted by Crippen LogP contribution is 2.30. The lowest BCUT2D eigenvalue weighted by molar-refractivity contribution is -0.133. The largest absolute Gasteiger partial charge is 0.390 e. The Hall–Kier alpha value is -0.910. The molecule has 1 N–H and O–H groups in total. The first-order valence-electron chi connectivity index (χ1n) is 7.91. The minimum absolute atomic E-state index is 0.233. The number of hydrogen-bond donors (Lipinski definition) is 1. The van der Waals surface area contributed by atoms with E-state index in [0.29, 0.717) is 25.4 Å². The zero-order chi connectivity index (χ0) is 14.7. The highest BCUT2D eigenvalue weighted by molar-refractivity contribution is 7.09. The Morgan fingerprint density at radius 3 is 2.86 bits per heavy atom. The van der Waals surface area contributed by atoms with Gasteiger partial charge >= 0.3 is 0 Å². The molecule has 0 radical (unpaired) electrons. The van der Waals surface area contributed by atoms with E-state index in [1.807, 2.05) is 4.90 Å². The molecule has 116 valence electrons. The van der Waals surface area contributed by atoms with Gasteiger partial charge in [0.2, 0.25) is 5.91 Å². The molecule has 2 heterocycles. The summed E-state index contributed by atoms with van der Waals surface area (Å²) in [6.45, 7) is 3.62. The van der Waals surface area contributed by atoms with Gasteiger partial charge in [0.05, 0.1) is 6.10 Å². The lowest BCUT2D eigenvalue weighted by Crippen LogP contribution is -2.39. The van der Waals surface area contributed by atoms with E-state index in [-0.39, 0.29) is 5.91 Å². The maximum atomic E-state index is 12.3. The van der Waals surface area contributed by atoms with Crippen molar-refractivity contribution in [1.82, 2.24) is 9.80 Å². The van der Waals surface area contributed by atoms with Crippen LogP contribution in [0.5, 0.6) is 0 Å². The fourth-order valence-electron chi connectivity index (χ4n) is 3.12. The van der Waals surface area contributed by atoms with Crippen LogP contribution in [0.2, 0.25) is 0 Å². The third-order valence-corrected chi connectivity index (χ3v) is 5.45. The summed E-state index contributed by atoms with van der Waals surface area (Å²) in [5, 5.41) is 12.3. The molecule has 1 saturated carbocycles. The molecule has 4 nitrogen and oxygen atoms in total. The highest BCUT2D eigenvalue weighted by Gasteiger charge is 2.27. The summed E-state index contributed by atoms with van der Waals surface area (Å²) in [6.07, 6.45) is 3.92. The predicted molar refractivity (Wildman–Crippen MR) is 84.1 cm³/mol. The van der Waals surface area contributed by atoms with Crippen molar-refractivity contribution in [2.24, 2.45) is 5.92 Å². The molecule has 21 heavy (non-hydrogen) atoms. The van der Waals surface area contributed by atoms with Gasteiger partial charge < -0.3 is 10.0 Å². The molecule has 0 spiro atoms. The maximum absolute atomic E-state index is 12.3. The van der Waals surface area contributed by atoms with Crippen molar-refractivity contribution < 1.29 is 9.90 Å². The predicted octanol–water partition coefficient (Wildman–Crippen LogP) is 1.94. The Labute approximate surface area is 130 Å². The SMILES string of the molecule is O=C(CC1CCC1)N1CCN(Cc2cccs2)C[C@H](O)C1. The van der Waals surface area contributed by atoms with Crippen LogP contribution in [-0.2, 0) is 11.3 Å². The van der Waals surface area contributed by atoms with Gasteiger partial charge in [0.15, 0.2) is 0 Å². The van der Waals surface area contributed by atoms with Gasteiger partial charge in [-0.2, -0.15) is 0 Å². The Morgan fingerprint density at radius 2 is 2.19 bits per heavy atom. The molecule has 1 aromatic heterocycles. The molecule has 0 aromatic carbocycles. The molecule has 2 aliphatic rings. The van der Waals surface area contributed by atoms with E-state index in [4.69, 9.17) is 0 Å². The van der Waals surface area contributed by atoms with Crippen molar-refractivity contribution in [2.45, 2.75) is 38.3 Å². The van der Waals surface area contributed by atoms with Crippen LogP contribution in [0.3, 0.4) is 0 Å². The van der Waals surface area contributed by atoms with Gasteiger partial charge in [0.25, 0.3) is 0 Å². The van der Waals surface area contributed by atoms with Crippen LogP contribution in [0.15, 0.2) is 17.5 Å². The molecule has 3 rings (SSSR count). The van der Waals surface area contributed by atoms with Crippen LogP contribution in [0, 0.1) is 5.92 Å². The second kappa shape index (κ2) is 6.90. The second-order valence-electron chi connectivity index (χ2n) is 6.31. The summed E-state index contributed by atoms with van der Waals surface area (Å²) in [7, 11) is 0. The van der Waals surface area contributed by atoms with Gasteiger partial charge in [0, 0.05) is 44.0 Å². The first-order valence-corrected chi connectivity index (χ1v) is 8.79. The van der Waals surface area contributed by atoms with E-state index in [9.17, 15) is 9.90 Å². The average Bonchev–Trinajstić information content (AvgIpc) is 2.83. The average molecular weight is 308 g/mol. The maximum Gasteiger partial charge on any atom is 0.222 e. The molecule has 1 aromatic rings. The van der Waals surface area contributed by atoms with Crippen molar-refractivity contribution >= 4 is 17.2 Å². The minimum Gasteiger partial charge on any atom is -0.390 e. The summed E-state index contributed by atoms with van der Waals surface area (Å²) >= 11 is 1.75. The zero-order valence-electron chi connectivity index (χ0n) is 12.4. The number of nitrogens with zero attached hydrogens (tertiary/aromatic N) is 2. The van der Waals surface area contributed by atoms with Gasteiger partial charge in [-0.15, -0.1) is 11.3 Å². The molecule has 0 unspecified atom stereocenters. The van der Waals surface area contributed by atoms with E-state index in [1.165, 1.54) is 24.1 Å². The lowest BCUT2D eigenvalue weighted by Gasteiger charge is -2.28. The Morgan fingerprint density at radius 1 is 1.33 bits per heavy atom. The van der Waals surface area contributed by atoms with Crippen molar-refractivity contribution in [2.75, 3.05) is 26.2 Å². The number of aliphatic hydroxyl groups is 1. The Balaban J connectivity index is 1.53.